The fourth-order valence-corrected chi connectivity index (χ4v) is 2.65. The van der Waals surface area contributed by atoms with Gasteiger partial charge in [0.25, 0.3) is 0 Å². The van der Waals surface area contributed by atoms with E-state index in [4.69, 9.17) is 9.47 Å². The molecule has 0 aliphatic carbocycles. The number of nitrogens with zero attached hydrogens (tertiary/aromatic N) is 1. The first-order valence-electron chi connectivity index (χ1n) is 7.93. The van der Waals surface area contributed by atoms with Crippen LogP contribution in [0.1, 0.15) is 25.0 Å². The number of aromatic nitrogens is 1. The average molecular weight is 344 g/mol. The minimum atomic E-state index is -1.11. The molecule has 6 nitrogen and oxygen atoms in total. The number of anilines is 1. The summed E-state index contributed by atoms with van der Waals surface area (Å²) in [5, 5.41) is 12.6. The van der Waals surface area contributed by atoms with Gasteiger partial charge in [0.1, 0.15) is 11.6 Å². The number of aliphatic carboxylic acids is 1. The Labute approximate surface area is 147 Å². The van der Waals surface area contributed by atoms with Crippen LogP contribution >= 0.6 is 0 Å². The van der Waals surface area contributed by atoms with Crippen molar-refractivity contribution < 1.29 is 19.4 Å². The van der Waals surface area contributed by atoms with Gasteiger partial charge in [-0.25, -0.2) is 4.98 Å². The fraction of sp³-hybridized carbons (Fsp3) is 0.368. The zero-order valence-electron chi connectivity index (χ0n) is 15.2. The predicted octanol–water partition coefficient (Wildman–Crippen LogP) is 3.31. The Morgan fingerprint density at radius 3 is 2.44 bits per heavy atom. The van der Waals surface area contributed by atoms with Gasteiger partial charge in [-0.1, -0.05) is 0 Å². The van der Waals surface area contributed by atoms with Gasteiger partial charge in [0.05, 0.1) is 19.1 Å². The molecule has 0 radical (unpaired) electrons. The minimum absolute atomic E-state index is 0.321. The van der Waals surface area contributed by atoms with E-state index in [0.29, 0.717) is 17.9 Å². The molecule has 0 bridgehead atoms. The van der Waals surface area contributed by atoms with Crippen molar-refractivity contribution in [1.82, 2.24) is 4.98 Å². The molecule has 0 aliphatic rings. The standard InChI is InChI=1S/C19H24N2O4/c1-19(2,18(22)23)15-9-13(8-14(11-24-4)17(15)25-5)12-6-7-16(20-3)21-10-12/h6-10H,11H2,1-5H3,(H,20,21)(H,22,23). The molecule has 2 N–H and O–H groups in total. The van der Waals surface area contributed by atoms with Crippen molar-refractivity contribution in [3.8, 4) is 16.9 Å². The number of ether oxygens (including phenoxy) is 2. The molecule has 2 aromatic rings. The van der Waals surface area contributed by atoms with E-state index in [1.54, 1.807) is 41.3 Å². The molecule has 1 heterocycles. The van der Waals surface area contributed by atoms with Gasteiger partial charge >= 0.3 is 5.97 Å². The third-order valence-electron chi connectivity index (χ3n) is 4.23. The summed E-state index contributed by atoms with van der Waals surface area (Å²) in [6.07, 6.45) is 1.75. The summed E-state index contributed by atoms with van der Waals surface area (Å²) < 4.78 is 10.8. The van der Waals surface area contributed by atoms with Gasteiger partial charge in [0.2, 0.25) is 0 Å². The van der Waals surface area contributed by atoms with Crippen LogP contribution in [0.4, 0.5) is 5.82 Å². The number of pyridine rings is 1. The van der Waals surface area contributed by atoms with E-state index in [1.807, 2.05) is 24.3 Å². The van der Waals surface area contributed by atoms with Crippen molar-refractivity contribution in [3.63, 3.8) is 0 Å². The number of rotatable bonds is 7. The summed E-state index contributed by atoms with van der Waals surface area (Å²) in [5.74, 6) is 0.383. The zero-order valence-corrected chi connectivity index (χ0v) is 15.2. The van der Waals surface area contributed by atoms with E-state index in [9.17, 15) is 9.90 Å². The van der Waals surface area contributed by atoms with Crippen LogP contribution in [-0.2, 0) is 21.6 Å². The molecule has 6 heteroatoms. The number of nitrogens with one attached hydrogen (secondary N) is 1. The highest BCUT2D eigenvalue weighted by Gasteiger charge is 2.34. The molecule has 0 aliphatic heterocycles. The number of hydrogen-bond acceptors (Lipinski definition) is 5. The highest BCUT2D eigenvalue weighted by molar-refractivity contribution is 5.83. The van der Waals surface area contributed by atoms with Crippen LogP contribution in [-0.4, -0.2) is 37.3 Å². The van der Waals surface area contributed by atoms with E-state index < -0.39 is 11.4 Å². The van der Waals surface area contributed by atoms with E-state index >= 15 is 0 Å². The van der Waals surface area contributed by atoms with Crippen molar-refractivity contribution in [1.29, 1.82) is 0 Å². The molecule has 0 saturated carbocycles. The Morgan fingerprint density at radius 2 is 1.96 bits per heavy atom. The summed E-state index contributed by atoms with van der Waals surface area (Å²) in [7, 11) is 4.94. The van der Waals surface area contributed by atoms with Crippen LogP contribution in [0.2, 0.25) is 0 Å². The maximum atomic E-state index is 11.8. The zero-order chi connectivity index (χ0) is 18.6. The van der Waals surface area contributed by atoms with E-state index in [0.717, 1.165) is 22.5 Å². The lowest BCUT2D eigenvalue weighted by Crippen LogP contribution is -2.29. The molecule has 0 amide bonds. The molecular weight excluding hydrogens is 320 g/mol. The lowest BCUT2D eigenvalue weighted by Gasteiger charge is -2.25. The van der Waals surface area contributed by atoms with Gasteiger partial charge in [-0.15, -0.1) is 0 Å². The highest BCUT2D eigenvalue weighted by Crippen LogP contribution is 2.38. The van der Waals surface area contributed by atoms with Gasteiger partial charge in [0, 0.05) is 37.0 Å². The maximum Gasteiger partial charge on any atom is 0.313 e. The maximum absolute atomic E-state index is 11.8. The number of carboxylic acids is 1. The number of benzene rings is 1. The lowest BCUT2D eigenvalue weighted by molar-refractivity contribution is -0.142. The minimum Gasteiger partial charge on any atom is -0.496 e. The molecule has 0 atom stereocenters. The summed E-state index contributed by atoms with van der Waals surface area (Å²) in [4.78, 5) is 16.1. The van der Waals surface area contributed by atoms with Crippen LogP contribution in [0.15, 0.2) is 30.5 Å². The lowest BCUT2D eigenvalue weighted by atomic mass is 9.81. The van der Waals surface area contributed by atoms with Gasteiger partial charge in [0.15, 0.2) is 0 Å². The fourth-order valence-electron chi connectivity index (χ4n) is 2.65. The van der Waals surface area contributed by atoms with Crippen LogP contribution in [0.5, 0.6) is 5.75 Å². The second-order valence-electron chi connectivity index (χ2n) is 6.26. The van der Waals surface area contributed by atoms with Crippen LogP contribution in [0, 0.1) is 0 Å². The second-order valence-corrected chi connectivity index (χ2v) is 6.26. The number of methoxy groups -OCH3 is 2. The molecule has 2 rings (SSSR count). The highest BCUT2D eigenvalue weighted by atomic mass is 16.5. The van der Waals surface area contributed by atoms with E-state index in [2.05, 4.69) is 10.3 Å². The monoisotopic (exact) mass is 344 g/mol. The summed E-state index contributed by atoms with van der Waals surface area (Å²) in [5.41, 5.74) is 2.05. The molecule has 0 unspecified atom stereocenters. The number of hydrogen-bond donors (Lipinski definition) is 2. The quantitative estimate of drug-likeness (QED) is 0.802. The van der Waals surface area contributed by atoms with Crippen molar-refractivity contribution in [2.24, 2.45) is 0 Å². The Bertz CT molecular complexity index is 755. The van der Waals surface area contributed by atoms with Crippen LogP contribution < -0.4 is 10.1 Å². The largest absolute Gasteiger partial charge is 0.496 e. The summed E-state index contributed by atoms with van der Waals surface area (Å²) >= 11 is 0. The van der Waals surface area contributed by atoms with Gasteiger partial charge in [-0.3, -0.25) is 4.79 Å². The third kappa shape index (κ3) is 3.74. The predicted molar refractivity (Wildman–Crippen MR) is 97.1 cm³/mol. The Kier molecular flexibility index (Phi) is 5.64. The molecule has 25 heavy (non-hydrogen) atoms. The molecular formula is C19H24N2O4. The Hall–Kier alpha value is -2.60. The SMILES string of the molecule is CNc1ccc(-c2cc(COC)c(OC)c(C(C)(C)C(=O)O)c2)cn1. The number of carbonyl (C=O) groups is 1. The summed E-state index contributed by atoms with van der Waals surface area (Å²) in [6, 6.07) is 7.61. The Morgan fingerprint density at radius 1 is 1.24 bits per heavy atom. The van der Waals surface area contributed by atoms with Crippen LogP contribution in [0.25, 0.3) is 11.1 Å². The number of carboxylic acid groups (broad SMARTS) is 1. The molecule has 1 aromatic carbocycles. The normalized spacial score (nSPS) is 11.2. The first-order valence-corrected chi connectivity index (χ1v) is 7.93. The van der Waals surface area contributed by atoms with Gasteiger partial charge < -0.3 is 19.9 Å². The Balaban J connectivity index is 2.68. The van der Waals surface area contributed by atoms with E-state index in [1.165, 1.54) is 0 Å². The topological polar surface area (TPSA) is 80.7 Å². The second kappa shape index (κ2) is 7.53. The molecule has 0 saturated heterocycles. The van der Waals surface area contributed by atoms with Gasteiger partial charge in [-0.05, 0) is 43.7 Å². The first-order chi connectivity index (χ1) is 11.8. The van der Waals surface area contributed by atoms with E-state index in [-0.39, 0.29) is 0 Å². The van der Waals surface area contributed by atoms with Crippen LogP contribution in [0.3, 0.4) is 0 Å². The van der Waals surface area contributed by atoms with Crippen molar-refractivity contribution in [3.05, 3.63) is 41.6 Å². The molecule has 0 spiro atoms. The smallest absolute Gasteiger partial charge is 0.313 e. The average Bonchev–Trinajstić information content (AvgIpc) is 2.61. The van der Waals surface area contributed by atoms with Crippen molar-refractivity contribution in [2.45, 2.75) is 25.9 Å². The van der Waals surface area contributed by atoms with Crippen molar-refractivity contribution in [2.75, 3.05) is 26.6 Å². The molecule has 0 fully saturated rings. The van der Waals surface area contributed by atoms with Gasteiger partial charge in [-0.2, -0.15) is 0 Å². The molecule has 134 valence electrons. The third-order valence-corrected chi connectivity index (χ3v) is 4.23. The molecule has 1 aromatic heterocycles. The summed E-state index contributed by atoms with van der Waals surface area (Å²) in [6.45, 7) is 3.65. The first kappa shape index (κ1) is 18.7. The van der Waals surface area contributed by atoms with Crippen molar-refractivity contribution >= 4 is 11.8 Å².